The topological polar surface area (TPSA) is 15.6 Å². The van der Waals surface area contributed by atoms with Gasteiger partial charge < -0.3 is 0 Å². The lowest BCUT2D eigenvalue weighted by molar-refractivity contribution is -0.187. The van der Waals surface area contributed by atoms with Crippen molar-refractivity contribution in [1.29, 1.82) is 0 Å². The average molecular weight is 366 g/mol. The van der Waals surface area contributed by atoms with Crippen LogP contribution in [0.5, 0.6) is 0 Å². The van der Waals surface area contributed by atoms with Crippen LogP contribution in [0.25, 0.3) is 0 Å². The van der Waals surface area contributed by atoms with Crippen molar-refractivity contribution < 1.29 is 13.2 Å². The molecule has 0 aliphatic carbocycles. The zero-order chi connectivity index (χ0) is 18.9. The Bertz CT molecular complexity index is 938. The van der Waals surface area contributed by atoms with Gasteiger partial charge in [0.15, 0.2) is 5.54 Å². The second kappa shape index (κ2) is 6.58. The third kappa shape index (κ3) is 2.89. The van der Waals surface area contributed by atoms with Crippen LogP contribution in [-0.2, 0) is 5.54 Å². The maximum Gasteiger partial charge on any atom is 0.418 e. The predicted octanol–water partition coefficient (Wildman–Crippen LogP) is 5.76. The van der Waals surface area contributed by atoms with E-state index in [1.807, 2.05) is 6.07 Å². The van der Waals surface area contributed by atoms with Crippen molar-refractivity contribution in [1.82, 2.24) is 0 Å². The number of halogens is 3. The lowest BCUT2D eigenvalue weighted by Crippen LogP contribution is -2.52. The highest BCUT2D eigenvalue weighted by atomic mass is 19.4. The Hall–Kier alpha value is -3.08. The molecule has 0 bridgehead atoms. The maximum atomic E-state index is 14.6. The van der Waals surface area contributed by atoms with Gasteiger partial charge in [-0.15, -0.1) is 0 Å². The molecule has 0 saturated carbocycles. The van der Waals surface area contributed by atoms with Gasteiger partial charge in [0, 0.05) is 6.42 Å². The summed E-state index contributed by atoms with van der Waals surface area (Å²) in [6, 6.07) is 25.6. The van der Waals surface area contributed by atoms with Crippen molar-refractivity contribution >= 4 is 11.4 Å². The number of hydrazone groups is 1. The van der Waals surface area contributed by atoms with Gasteiger partial charge in [-0.2, -0.15) is 18.3 Å². The molecule has 3 aromatic carbocycles. The van der Waals surface area contributed by atoms with Crippen molar-refractivity contribution in [2.75, 3.05) is 5.01 Å². The summed E-state index contributed by atoms with van der Waals surface area (Å²) in [5, 5.41) is 5.58. The van der Waals surface area contributed by atoms with E-state index in [1.54, 1.807) is 72.8 Å². The molecule has 0 radical (unpaired) electrons. The molecule has 1 atom stereocenters. The number of hydrogen-bond donors (Lipinski definition) is 0. The van der Waals surface area contributed by atoms with E-state index in [9.17, 15) is 13.2 Å². The van der Waals surface area contributed by atoms with E-state index in [1.165, 1.54) is 12.1 Å². The number of hydrogen-bond acceptors (Lipinski definition) is 2. The Balaban J connectivity index is 1.94. The van der Waals surface area contributed by atoms with Crippen LogP contribution >= 0.6 is 0 Å². The van der Waals surface area contributed by atoms with E-state index in [0.717, 1.165) is 5.01 Å². The maximum absolute atomic E-state index is 14.6. The molecule has 0 amide bonds. The molecule has 1 aliphatic heterocycles. The summed E-state index contributed by atoms with van der Waals surface area (Å²) < 4.78 is 43.8. The Labute approximate surface area is 155 Å². The van der Waals surface area contributed by atoms with E-state index in [0.29, 0.717) is 17.0 Å². The van der Waals surface area contributed by atoms with E-state index in [-0.39, 0.29) is 12.0 Å². The van der Waals surface area contributed by atoms with Crippen LogP contribution in [0.15, 0.2) is 96.1 Å². The number of rotatable bonds is 3. The molecule has 0 spiro atoms. The van der Waals surface area contributed by atoms with Crippen LogP contribution in [0, 0.1) is 0 Å². The normalized spacial score (nSPS) is 19.8. The molecule has 2 nitrogen and oxygen atoms in total. The van der Waals surface area contributed by atoms with Gasteiger partial charge in [-0.05, 0) is 23.3 Å². The van der Waals surface area contributed by atoms with Crippen molar-refractivity contribution in [3.05, 3.63) is 102 Å². The number of alkyl halides is 3. The highest BCUT2D eigenvalue weighted by Gasteiger charge is 2.63. The SMILES string of the molecule is FC(F)(F)C1(c2ccccc2)CC(c2ccccc2)=NN1c1ccccc1. The van der Waals surface area contributed by atoms with Crippen molar-refractivity contribution in [2.24, 2.45) is 5.10 Å². The Kier molecular flexibility index (Phi) is 4.22. The molecule has 0 saturated heterocycles. The highest BCUT2D eigenvalue weighted by Crippen LogP contribution is 2.52. The fraction of sp³-hybridized carbons (Fsp3) is 0.136. The van der Waals surface area contributed by atoms with Gasteiger partial charge in [-0.1, -0.05) is 78.9 Å². The van der Waals surface area contributed by atoms with Crippen LogP contribution < -0.4 is 5.01 Å². The number of benzene rings is 3. The molecular formula is C22H17F3N2. The molecule has 1 aliphatic rings. The van der Waals surface area contributed by atoms with Gasteiger partial charge in [0.1, 0.15) is 0 Å². The quantitative estimate of drug-likeness (QED) is 0.575. The first-order valence-electron chi connectivity index (χ1n) is 8.63. The summed E-state index contributed by atoms with van der Waals surface area (Å²) >= 11 is 0. The smallest absolute Gasteiger partial charge is 0.245 e. The van der Waals surface area contributed by atoms with Crippen LogP contribution in [0.2, 0.25) is 0 Å². The molecule has 0 fully saturated rings. The molecule has 3 aromatic rings. The summed E-state index contributed by atoms with van der Waals surface area (Å²) in [4.78, 5) is 0. The van der Waals surface area contributed by atoms with Crippen LogP contribution in [0.4, 0.5) is 18.9 Å². The second-order valence-corrected chi connectivity index (χ2v) is 6.46. The summed E-state index contributed by atoms with van der Waals surface area (Å²) in [5.41, 5.74) is -0.553. The van der Waals surface area contributed by atoms with Crippen molar-refractivity contribution in [3.63, 3.8) is 0 Å². The fourth-order valence-electron chi connectivity index (χ4n) is 3.52. The molecule has 27 heavy (non-hydrogen) atoms. The van der Waals surface area contributed by atoms with Gasteiger partial charge in [-0.3, -0.25) is 0 Å². The van der Waals surface area contributed by atoms with Gasteiger partial charge in [0.2, 0.25) is 0 Å². The Morgan fingerprint density at radius 3 is 1.81 bits per heavy atom. The monoisotopic (exact) mass is 366 g/mol. The van der Waals surface area contributed by atoms with Gasteiger partial charge in [-0.25, -0.2) is 5.01 Å². The predicted molar refractivity (Wildman–Crippen MR) is 101 cm³/mol. The van der Waals surface area contributed by atoms with Gasteiger partial charge >= 0.3 is 6.18 Å². The lowest BCUT2D eigenvalue weighted by atomic mass is 9.83. The molecule has 5 heteroatoms. The number of para-hydroxylation sites is 1. The first kappa shape index (κ1) is 17.3. The van der Waals surface area contributed by atoms with Crippen molar-refractivity contribution in [2.45, 2.75) is 18.1 Å². The first-order chi connectivity index (χ1) is 13.0. The molecule has 1 unspecified atom stereocenters. The zero-order valence-corrected chi connectivity index (χ0v) is 14.4. The molecule has 4 rings (SSSR count). The first-order valence-corrected chi connectivity index (χ1v) is 8.63. The van der Waals surface area contributed by atoms with E-state index >= 15 is 0 Å². The third-order valence-corrected chi connectivity index (χ3v) is 4.83. The van der Waals surface area contributed by atoms with Crippen LogP contribution in [0.3, 0.4) is 0 Å². The number of anilines is 1. The Morgan fingerprint density at radius 1 is 0.741 bits per heavy atom. The van der Waals surface area contributed by atoms with Gasteiger partial charge in [0.25, 0.3) is 0 Å². The minimum atomic E-state index is -4.52. The minimum Gasteiger partial charge on any atom is -0.245 e. The Morgan fingerprint density at radius 2 is 1.26 bits per heavy atom. The summed E-state index contributed by atoms with van der Waals surface area (Å²) in [7, 11) is 0. The van der Waals surface area contributed by atoms with Gasteiger partial charge in [0.05, 0.1) is 11.4 Å². The molecule has 136 valence electrons. The lowest BCUT2D eigenvalue weighted by Gasteiger charge is -2.39. The second-order valence-electron chi connectivity index (χ2n) is 6.46. The summed E-state index contributed by atoms with van der Waals surface area (Å²) in [5.74, 6) is 0. The molecule has 1 heterocycles. The van der Waals surface area contributed by atoms with Crippen molar-refractivity contribution in [3.8, 4) is 0 Å². The third-order valence-electron chi connectivity index (χ3n) is 4.83. The van der Waals surface area contributed by atoms with E-state index in [4.69, 9.17) is 0 Å². The van der Waals surface area contributed by atoms with Crippen LogP contribution in [0.1, 0.15) is 17.5 Å². The zero-order valence-electron chi connectivity index (χ0n) is 14.4. The summed E-state index contributed by atoms with van der Waals surface area (Å²) in [6.45, 7) is 0. The van der Waals surface area contributed by atoms with E-state index in [2.05, 4.69) is 5.10 Å². The molecule has 0 N–H and O–H groups in total. The fourth-order valence-corrected chi connectivity index (χ4v) is 3.52. The largest absolute Gasteiger partial charge is 0.418 e. The molecule has 0 aromatic heterocycles. The number of nitrogens with zero attached hydrogens (tertiary/aromatic N) is 2. The highest BCUT2D eigenvalue weighted by molar-refractivity contribution is 6.04. The standard InChI is InChI=1S/C22H17F3N2/c23-22(24,25)21(18-12-6-2-7-13-18)16-20(17-10-4-1-5-11-17)26-27(21)19-14-8-3-9-15-19/h1-15H,16H2. The van der Waals surface area contributed by atoms with E-state index < -0.39 is 11.7 Å². The molecular weight excluding hydrogens is 349 g/mol. The average Bonchev–Trinajstić information content (AvgIpc) is 3.12. The minimum absolute atomic E-state index is 0.177. The summed E-state index contributed by atoms with van der Waals surface area (Å²) in [6.07, 6.45) is -4.77. The van der Waals surface area contributed by atoms with Crippen LogP contribution in [-0.4, -0.2) is 11.9 Å².